The van der Waals surface area contributed by atoms with Crippen LogP contribution in [0.3, 0.4) is 0 Å². The highest BCUT2D eigenvalue weighted by molar-refractivity contribution is 8.00. The van der Waals surface area contributed by atoms with E-state index in [0.29, 0.717) is 24.7 Å². The maximum Gasteiger partial charge on any atom is 0.512 e. The Morgan fingerprint density at radius 1 is 1.07 bits per heavy atom. The van der Waals surface area contributed by atoms with Gasteiger partial charge in [-0.1, -0.05) is 24.3 Å². The topological polar surface area (TPSA) is 158 Å². The van der Waals surface area contributed by atoms with E-state index in [1.165, 1.54) is 47.3 Å². The minimum Gasteiger partial charge on any atom is -0.425 e. The zero-order valence-corrected chi connectivity index (χ0v) is 31.4. The molecule has 0 radical (unpaired) electrons. The Kier molecular flexibility index (Phi) is 14.4. The van der Waals surface area contributed by atoms with E-state index in [9.17, 15) is 23.2 Å². The Balaban J connectivity index is 1.23. The molecule has 3 heterocycles. The third kappa shape index (κ3) is 11.1. The molecule has 5 rings (SSSR count). The number of thioether (sulfide) groups is 1. The number of likely N-dealkylation sites (tertiary alicyclic amines) is 1. The van der Waals surface area contributed by atoms with Crippen molar-refractivity contribution in [1.82, 2.24) is 24.6 Å². The fourth-order valence-electron chi connectivity index (χ4n) is 5.69. The van der Waals surface area contributed by atoms with Crippen molar-refractivity contribution >= 4 is 35.9 Å². The molecule has 296 valence electrons. The first-order valence-electron chi connectivity index (χ1n) is 17.2. The van der Waals surface area contributed by atoms with Crippen LogP contribution >= 0.6 is 11.8 Å². The van der Waals surface area contributed by atoms with Gasteiger partial charge >= 0.3 is 12.1 Å². The minimum atomic E-state index is -1.91. The lowest BCUT2D eigenvalue weighted by Crippen LogP contribution is -2.58. The van der Waals surface area contributed by atoms with Crippen molar-refractivity contribution in [3.05, 3.63) is 114 Å². The number of carbonyl (C=O) groups excluding carboxylic acids is 3. The van der Waals surface area contributed by atoms with Crippen molar-refractivity contribution in [3.8, 4) is 6.07 Å². The third-order valence-corrected chi connectivity index (χ3v) is 10.3. The maximum atomic E-state index is 15.6. The number of amides is 1. The van der Waals surface area contributed by atoms with Gasteiger partial charge in [-0.2, -0.15) is 10.4 Å². The van der Waals surface area contributed by atoms with E-state index in [4.69, 9.17) is 28.9 Å². The van der Waals surface area contributed by atoms with Gasteiger partial charge in [0.2, 0.25) is 12.7 Å². The first-order chi connectivity index (χ1) is 26.9. The van der Waals surface area contributed by atoms with E-state index in [-0.39, 0.29) is 48.1 Å². The van der Waals surface area contributed by atoms with Crippen molar-refractivity contribution in [2.75, 3.05) is 47.2 Å². The molecule has 0 saturated carbocycles. The molecule has 56 heavy (non-hydrogen) atoms. The quantitative estimate of drug-likeness (QED) is 0.0912. The predicted molar refractivity (Wildman–Crippen MR) is 196 cm³/mol. The van der Waals surface area contributed by atoms with Gasteiger partial charge in [0.05, 0.1) is 36.6 Å². The van der Waals surface area contributed by atoms with Gasteiger partial charge in [-0.3, -0.25) is 4.79 Å². The van der Waals surface area contributed by atoms with Crippen LogP contribution < -0.4 is 0 Å². The number of likely N-dealkylation sites (N-methyl/N-ethyl adjacent to an activating group) is 1. The van der Waals surface area contributed by atoms with E-state index < -0.39 is 53.5 Å². The first-order valence-corrected chi connectivity index (χ1v) is 18.2. The van der Waals surface area contributed by atoms with Crippen LogP contribution in [-0.2, 0) is 45.4 Å². The minimum absolute atomic E-state index is 0.160. The van der Waals surface area contributed by atoms with Crippen molar-refractivity contribution in [2.45, 2.75) is 41.9 Å². The molecule has 1 amide bonds. The Morgan fingerprint density at radius 3 is 2.50 bits per heavy atom. The number of benzene rings is 2. The summed E-state index contributed by atoms with van der Waals surface area (Å²) in [5.41, 5.74) is -1.60. The molecular weight excluding hydrogens is 758 g/mol. The summed E-state index contributed by atoms with van der Waals surface area (Å²) < 4.78 is 72.8. The summed E-state index contributed by atoms with van der Waals surface area (Å²) in [4.78, 5) is 45.3. The second kappa shape index (κ2) is 19.4. The molecular formula is C38H39F3N6O8S. The van der Waals surface area contributed by atoms with Crippen LogP contribution in [0.5, 0.6) is 0 Å². The van der Waals surface area contributed by atoms with E-state index in [1.807, 2.05) is 25.1 Å². The molecule has 14 nitrogen and oxygen atoms in total. The van der Waals surface area contributed by atoms with Crippen molar-refractivity contribution < 1.29 is 51.2 Å². The summed E-state index contributed by atoms with van der Waals surface area (Å²) in [6.45, 7) is 1.84. The van der Waals surface area contributed by atoms with Gasteiger partial charge in [0, 0.05) is 53.7 Å². The molecule has 2 aromatic carbocycles. The van der Waals surface area contributed by atoms with Crippen molar-refractivity contribution in [2.24, 2.45) is 0 Å². The van der Waals surface area contributed by atoms with Crippen molar-refractivity contribution in [3.63, 3.8) is 0 Å². The highest BCUT2D eigenvalue weighted by Crippen LogP contribution is 2.42. The molecule has 0 spiro atoms. The number of nitrogens with zero attached hydrogens (tertiary/aromatic N) is 6. The molecule has 0 bridgehead atoms. The Morgan fingerprint density at radius 2 is 1.84 bits per heavy atom. The summed E-state index contributed by atoms with van der Waals surface area (Å²) in [5.74, 6) is -3.75. The van der Waals surface area contributed by atoms with Crippen LogP contribution in [0.2, 0.25) is 0 Å². The number of ether oxygens (including phenoxy) is 5. The summed E-state index contributed by atoms with van der Waals surface area (Å²) in [6.07, 6.45) is 8.81. The van der Waals surface area contributed by atoms with Crippen LogP contribution in [0.25, 0.3) is 6.08 Å². The summed E-state index contributed by atoms with van der Waals surface area (Å²) in [7, 11) is 3.81. The number of esters is 1. The average Bonchev–Trinajstić information content (AvgIpc) is 3.65. The van der Waals surface area contributed by atoms with Crippen molar-refractivity contribution in [1.29, 1.82) is 5.26 Å². The number of rotatable bonds is 15. The highest BCUT2D eigenvalue weighted by Gasteiger charge is 2.47. The zero-order chi connectivity index (χ0) is 40.2. The van der Waals surface area contributed by atoms with Gasteiger partial charge in [0.1, 0.15) is 30.1 Å². The van der Waals surface area contributed by atoms with Gasteiger partial charge in [-0.25, -0.2) is 32.4 Å². The lowest BCUT2D eigenvalue weighted by molar-refractivity contribution is -0.150. The second-order valence-electron chi connectivity index (χ2n) is 12.9. The van der Waals surface area contributed by atoms with Gasteiger partial charge in [-0.05, 0) is 51.4 Å². The zero-order valence-electron chi connectivity index (χ0n) is 30.6. The molecule has 2 aliphatic heterocycles. The molecule has 2 atom stereocenters. The molecule has 18 heteroatoms. The number of hydrogen-bond acceptors (Lipinski definition) is 13. The SMILES string of the molecule is CC(SC1COC(C=CC=Cc2ccc(C#N)cc2F)OC1)C(Cn1cncn1)(OC(=O)OCOC(=O)C=CC(=O)N1CC(N(C)C)C1)c1ccc(F)cc1F. The molecule has 0 aliphatic carbocycles. The predicted octanol–water partition coefficient (Wildman–Crippen LogP) is 4.58. The van der Waals surface area contributed by atoms with Gasteiger partial charge in [0.25, 0.3) is 0 Å². The lowest BCUT2D eigenvalue weighted by Gasteiger charge is -2.42. The van der Waals surface area contributed by atoms with Gasteiger partial charge < -0.3 is 33.5 Å². The monoisotopic (exact) mass is 796 g/mol. The maximum absolute atomic E-state index is 15.6. The first kappa shape index (κ1) is 41.7. The van der Waals surface area contributed by atoms with E-state index in [2.05, 4.69) is 10.1 Å². The fraction of sp³-hybridized carbons (Fsp3) is 0.368. The number of aromatic nitrogens is 3. The molecule has 2 unspecified atom stereocenters. The number of carbonyl (C=O) groups is 3. The number of nitriles is 1. The van der Waals surface area contributed by atoms with E-state index in [1.54, 1.807) is 30.1 Å². The number of halogens is 3. The van der Waals surface area contributed by atoms with Crippen LogP contribution in [-0.4, -0.2) is 113 Å². The van der Waals surface area contributed by atoms with E-state index >= 15 is 4.39 Å². The summed E-state index contributed by atoms with van der Waals surface area (Å²) in [6, 6.07) is 9.08. The highest BCUT2D eigenvalue weighted by atomic mass is 32.2. The Hall–Kier alpha value is -5.48. The van der Waals surface area contributed by atoms with Crippen LogP contribution in [0.1, 0.15) is 23.6 Å². The summed E-state index contributed by atoms with van der Waals surface area (Å²) in [5, 5.41) is 11.9. The second-order valence-corrected chi connectivity index (χ2v) is 14.6. The molecule has 2 fully saturated rings. The molecule has 2 saturated heterocycles. The number of allylic oxidation sites excluding steroid dienone is 2. The number of hydrogen-bond donors (Lipinski definition) is 0. The normalized spacial score (nSPS) is 19.1. The van der Waals surface area contributed by atoms with Gasteiger partial charge in [0.15, 0.2) is 11.9 Å². The lowest BCUT2D eigenvalue weighted by atomic mass is 9.89. The Labute approximate surface area is 325 Å². The van der Waals surface area contributed by atoms with E-state index in [0.717, 1.165) is 30.4 Å². The van der Waals surface area contributed by atoms with Crippen LogP contribution in [0, 0.1) is 28.8 Å². The Bertz CT molecular complexity index is 1980. The van der Waals surface area contributed by atoms with Gasteiger partial charge in [-0.15, -0.1) is 11.8 Å². The summed E-state index contributed by atoms with van der Waals surface area (Å²) >= 11 is 1.24. The smallest absolute Gasteiger partial charge is 0.425 e. The van der Waals surface area contributed by atoms with Crippen LogP contribution in [0.4, 0.5) is 18.0 Å². The largest absolute Gasteiger partial charge is 0.512 e. The average molecular weight is 797 g/mol. The van der Waals surface area contributed by atoms with Crippen LogP contribution in [0.15, 0.2) is 79.4 Å². The standard InChI is InChI=1S/C38H39F3N6O8S/c1-25(56-30-19-51-36(52-20-30)7-5-4-6-27-9-8-26(16-42)14-32(27)40)38(21-47-23-43-22-44-47,31-11-10-28(39)15-33(31)41)55-37(50)54-24-53-35(49)13-12-34(48)46-17-29(18-46)45(2)3/h4-15,22-23,25,29-30,36H,17-21,24H2,1-3H3. The molecule has 3 aromatic rings. The third-order valence-electron chi connectivity index (χ3n) is 8.89. The molecule has 2 aliphatic rings. The molecule has 1 aromatic heterocycles. The molecule has 0 N–H and O–H groups in total. The fourth-order valence-corrected chi connectivity index (χ4v) is 7.06.